The molecule has 0 spiro atoms. The van der Waals surface area contributed by atoms with Crippen molar-refractivity contribution in [1.29, 1.82) is 0 Å². The van der Waals surface area contributed by atoms with Crippen molar-refractivity contribution < 1.29 is 28.9 Å². The van der Waals surface area contributed by atoms with Gasteiger partial charge in [0.2, 0.25) is 5.78 Å². The number of esters is 1. The minimum atomic E-state index is -1.63. The van der Waals surface area contributed by atoms with Crippen LogP contribution in [0.4, 0.5) is 4.39 Å². The molecule has 164 valence electrons. The summed E-state index contributed by atoms with van der Waals surface area (Å²) in [7, 11) is 0. The van der Waals surface area contributed by atoms with Crippen LogP contribution < -0.4 is 0 Å². The fourth-order valence-corrected chi connectivity index (χ4v) is 6.86. The SMILES string of the molecule is CC(=O)OCC(=O)[C@@]1(O)[C@H](C)CC2C3CC(F)C4=CC(O)C=C[C@]4(C)C3=CC[C@@]21C. The monoisotopic (exact) mass is 418 g/mol. The normalized spacial score (nSPS) is 46.8. The van der Waals surface area contributed by atoms with Crippen LogP contribution in [0.15, 0.2) is 35.5 Å². The number of aliphatic hydroxyl groups excluding tert-OH is 1. The van der Waals surface area contributed by atoms with Crippen molar-refractivity contribution in [3.8, 4) is 0 Å². The molecule has 5 nitrogen and oxygen atoms in total. The number of ketones is 1. The van der Waals surface area contributed by atoms with Gasteiger partial charge in [0.15, 0.2) is 6.61 Å². The van der Waals surface area contributed by atoms with Crippen LogP contribution in [0.25, 0.3) is 0 Å². The average Bonchev–Trinajstić information content (AvgIpc) is 2.89. The van der Waals surface area contributed by atoms with Gasteiger partial charge >= 0.3 is 5.97 Å². The number of hydrogen-bond donors (Lipinski definition) is 2. The number of hydrogen-bond acceptors (Lipinski definition) is 5. The third-order valence-electron chi connectivity index (χ3n) is 8.45. The molecule has 0 heterocycles. The second kappa shape index (κ2) is 6.86. The number of Topliss-reactive ketones (excluding diaryl/α,β-unsaturated/α-hetero) is 1. The molecule has 8 atom stereocenters. The van der Waals surface area contributed by atoms with Crippen molar-refractivity contribution in [2.24, 2.45) is 28.6 Å². The molecule has 0 saturated heterocycles. The quantitative estimate of drug-likeness (QED) is 0.544. The van der Waals surface area contributed by atoms with E-state index >= 15 is 4.39 Å². The van der Waals surface area contributed by atoms with E-state index in [0.29, 0.717) is 18.4 Å². The fourth-order valence-electron chi connectivity index (χ4n) is 6.86. The second-order valence-electron chi connectivity index (χ2n) is 9.98. The molecule has 4 aliphatic carbocycles. The summed E-state index contributed by atoms with van der Waals surface area (Å²) in [5, 5.41) is 21.6. The highest BCUT2D eigenvalue weighted by Gasteiger charge is 2.67. The topological polar surface area (TPSA) is 83.8 Å². The van der Waals surface area contributed by atoms with Crippen LogP contribution in [0, 0.1) is 28.6 Å². The van der Waals surface area contributed by atoms with E-state index in [0.717, 1.165) is 5.57 Å². The van der Waals surface area contributed by atoms with Gasteiger partial charge in [0.05, 0.1) is 6.10 Å². The number of carbonyl (C=O) groups is 2. The van der Waals surface area contributed by atoms with E-state index in [2.05, 4.69) is 6.08 Å². The number of ether oxygens (including phenoxy) is 1. The Hall–Kier alpha value is -1.79. The first-order valence-electron chi connectivity index (χ1n) is 10.8. The van der Waals surface area contributed by atoms with Crippen molar-refractivity contribution in [2.45, 2.75) is 64.8 Å². The zero-order valence-electron chi connectivity index (χ0n) is 18.0. The number of halogens is 1. The van der Waals surface area contributed by atoms with Crippen molar-refractivity contribution in [3.05, 3.63) is 35.5 Å². The van der Waals surface area contributed by atoms with E-state index in [9.17, 15) is 19.8 Å². The van der Waals surface area contributed by atoms with E-state index in [1.54, 1.807) is 12.2 Å². The lowest BCUT2D eigenvalue weighted by Crippen LogP contribution is -2.58. The molecule has 4 aliphatic rings. The van der Waals surface area contributed by atoms with Crippen LogP contribution in [0.5, 0.6) is 0 Å². The standard InChI is InChI=1S/C24H31FO5/c1-13-9-18-16-11-20(25)19-10-15(27)5-7-22(19,3)17(16)6-8-23(18,4)24(13,29)21(28)12-30-14(2)26/h5-7,10,13,15-16,18,20,27,29H,8-9,11-12H2,1-4H3/t13-,15?,16?,18?,20?,22-,23+,24+/m1/s1. The summed E-state index contributed by atoms with van der Waals surface area (Å²) in [5.41, 5.74) is -1.24. The predicted octanol–water partition coefficient (Wildman–Crippen LogP) is 3.06. The molecule has 0 radical (unpaired) electrons. The van der Waals surface area contributed by atoms with Crippen molar-refractivity contribution >= 4 is 11.8 Å². The Morgan fingerprint density at radius 2 is 1.97 bits per heavy atom. The van der Waals surface area contributed by atoms with Crippen LogP contribution in [-0.4, -0.2) is 46.4 Å². The molecule has 2 saturated carbocycles. The Morgan fingerprint density at radius 3 is 2.63 bits per heavy atom. The highest BCUT2D eigenvalue weighted by molar-refractivity contribution is 5.91. The maximum absolute atomic E-state index is 15.3. The van der Waals surface area contributed by atoms with Gasteiger partial charge in [-0.2, -0.15) is 0 Å². The Balaban J connectivity index is 1.73. The van der Waals surface area contributed by atoms with Crippen LogP contribution in [0.2, 0.25) is 0 Å². The first-order valence-corrected chi connectivity index (χ1v) is 10.8. The van der Waals surface area contributed by atoms with Gasteiger partial charge in [0.25, 0.3) is 0 Å². The number of fused-ring (bicyclic) bond motifs is 5. The molecule has 30 heavy (non-hydrogen) atoms. The second-order valence-corrected chi connectivity index (χ2v) is 9.98. The van der Waals surface area contributed by atoms with E-state index in [-0.39, 0.29) is 24.2 Å². The van der Waals surface area contributed by atoms with Gasteiger partial charge in [0, 0.05) is 17.8 Å². The molecule has 0 aliphatic heterocycles. The Morgan fingerprint density at radius 1 is 1.27 bits per heavy atom. The lowest BCUT2D eigenvalue weighted by Gasteiger charge is -2.54. The minimum Gasteiger partial charge on any atom is -0.458 e. The summed E-state index contributed by atoms with van der Waals surface area (Å²) in [6.07, 6.45) is 6.72. The highest BCUT2D eigenvalue weighted by Crippen LogP contribution is 2.66. The van der Waals surface area contributed by atoms with Crippen molar-refractivity contribution in [3.63, 3.8) is 0 Å². The summed E-state index contributed by atoms with van der Waals surface area (Å²) in [5.74, 6) is -1.52. The van der Waals surface area contributed by atoms with Gasteiger partial charge in [-0.15, -0.1) is 0 Å². The molecular formula is C24H31FO5. The van der Waals surface area contributed by atoms with E-state index in [1.807, 2.05) is 26.8 Å². The Bertz CT molecular complexity index is 875. The maximum Gasteiger partial charge on any atom is 0.303 e. The van der Waals surface area contributed by atoms with Gasteiger partial charge < -0.3 is 14.9 Å². The van der Waals surface area contributed by atoms with E-state index < -0.39 is 47.1 Å². The van der Waals surface area contributed by atoms with Gasteiger partial charge in [-0.05, 0) is 55.6 Å². The lowest BCUT2D eigenvalue weighted by molar-refractivity contribution is -0.167. The third kappa shape index (κ3) is 2.72. The highest BCUT2D eigenvalue weighted by atomic mass is 19.1. The first kappa shape index (κ1) is 21.4. The average molecular weight is 419 g/mol. The molecule has 2 fully saturated rings. The Kier molecular flexibility index (Phi) is 4.90. The molecule has 0 aromatic rings. The largest absolute Gasteiger partial charge is 0.458 e. The van der Waals surface area contributed by atoms with Crippen LogP contribution in [0.1, 0.15) is 47.0 Å². The molecule has 4 rings (SSSR count). The molecule has 0 bridgehead atoms. The van der Waals surface area contributed by atoms with Gasteiger partial charge in [-0.3, -0.25) is 9.59 Å². The molecule has 6 heteroatoms. The van der Waals surface area contributed by atoms with Crippen molar-refractivity contribution in [1.82, 2.24) is 0 Å². The first-order chi connectivity index (χ1) is 13.9. The number of allylic oxidation sites excluding steroid dienone is 4. The Labute approximate surface area is 176 Å². The van der Waals surface area contributed by atoms with Crippen LogP contribution >= 0.6 is 0 Å². The zero-order chi connectivity index (χ0) is 22.1. The van der Waals surface area contributed by atoms with Gasteiger partial charge in [-0.25, -0.2) is 4.39 Å². The summed E-state index contributed by atoms with van der Waals surface area (Å²) < 4.78 is 20.2. The third-order valence-corrected chi connectivity index (χ3v) is 8.45. The van der Waals surface area contributed by atoms with Crippen LogP contribution in [-0.2, 0) is 14.3 Å². The lowest BCUT2D eigenvalue weighted by atomic mass is 9.51. The molecule has 4 unspecified atom stereocenters. The fraction of sp³-hybridized carbons (Fsp3) is 0.667. The molecule has 2 N–H and O–H groups in total. The van der Waals surface area contributed by atoms with E-state index in [1.165, 1.54) is 6.92 Å². The molecule has 0 aromatic carbocycles. The van der Waals surface area contributed by atoms with Crippen molar-refractivity contribution in [2.75, 3.05) is 6.61 Å². The minimum absolute atomic E-state index is 0.0596. The van der Waals surface area contributed by atoms with Crippen LogP contribution in [0.3, 0.4) is 0 Å². The summed E-state index contributed by atoms with van der Waals surface area (Å²) in [4.78, 5) is 24.2. The number of carbonyl (C=O) groups excluding carboxylic acids is 2. The smallest absolute Gasteiger partial charge is 0.303 e. The summed E-state index contributed by atoms with van der Waals surface area (Å²) >= 11 is 0. The predicted molar refractivity (Wildman–Crippen MR) is 109 cm³/mol. The van der Waals surface area contributed by atoms with Gasteiger partial charge in [-0.1, -0.05) is 37.6 Å². The number of alkyl halides is 1. The molecular weight excluding hydrogens is 387 g/mol. The maximum atomic E-state index is 15.3. The molecule has 0 amide bonds. The number of aliphatic hydroxyl groups is 2. The summed E-state index contributed by atoms with van der Waals surface area (Å²) in [6.45, 7) is 6.55. The zero-order valence-corrected chi connectivity index (χ0v) is 18.0. The summed E-state index contributed by atoms with van der Waals surface area (Å²) in [6, 6.07) is 0. The van der Waals surface area contributed by atoms with Gasteiger partial charge in [0.1, 0.15) is 11.8 Å². The van der Waals surface area contributed by atoms with E-state index in [4.69, 9.17) is 4.74 Å². The molecule has 0 aromatic heterocycles. The number of rotatable bonds is 3.